The van der Waals surface area contributed by atoms with Crippen LogP contribution in [0, 0.1) is 0 Å². The molecule has 0 aliphatic carbocycles. The Labute approximate surface area is 361 Å². The first-order chi connectivity index (χ1) is 29.5. The normalized spacial score (nSPS) is 13.6. The molecular weight excluding hydrogens is 760 g/mol. The fourth-order valence-electron chi connectivity index (χ4n) is 10.1. The van der Waals surface area contributed by atoms with Gasteiger partial charge in [-0.15, -0.1) is 11.3 Å². The first kappa shape index (κ1) is 36.3. The molecule has 294 valence electrons. The van der Waals surface area contributed by atoms with E-state index in [-0.39, 0.29) is 17.7 Å². The number of para-hydroxylation sites is 2. The van der Waals surface area contributed by atoms with Crippen LogP contribution in [0.25, 0.3) is 64.4 Å². The van der Waals surface area contributed by atoms with Crippen LogP contribution in [-0.4, -0.2) is 6.85 Å². The highest BCUT2D eigenvalue weighted by molar-refractivity contribution is 7.26. The van der Waals surface area contributed by atoms with Crippen LogP contribution in [-0.2, 0) is 10.8 Å². The number of furan rings is 1. The molecule has 0 unspecified atom stereocenters. The SMILES string of the molecule is CC(C)(C)c1ccc(N2B3c4ccc5oc6ccccc6c5c4N(c4ccc(C(C)(C)C)cc4-c4ccccc4)c4cc5c(sc6ccccc65)c(c43)-c3ccccc32)cc1. The molecule has 12 rings (SSSR count). The van der Waals surface area contributed by atoms with E-state index in [1.54, 1.807) is 0 Å². The monoisotopic (exact) mass is 804 g/mol. The number of benzene rings is 8. The molecule has 0 N–H and O–H groups in total. The zero-order valence-corrected chi connectivity index (χ0v) is 36.2. The van der Waals surface area contributed by atoms with Crippen molar-refractivity contribution in [3.05, 3.63) is 175 Å². The number of nitrogens with zero attached hydrogens (tertiary/aromatic N) is 2. The van der Waals surface area contributed by atoms with Gasteiger partial charge in [-0.2, -0.15) is 0 Å². The molecule has 5 heteroatoms. The van der Waals surface area contributed by atoms with Crippen molar-refractivity contribution in [2.45, 2.75) is 52.4 Å². The molecule has 0 spiro atoms. The van der Waals surface area contributed by atoms with Gasteiger partial charge in [-0.1, -0.05) is 151 Å². The standard InChI is InChI=1S/C56H45BN2OS/c1-55(2,3)35-24-27-37(28-25-35)59-45-21-13-10-19-39(45)51-52-46(33-42-38-18-12-15-23-49(38)61-54(42)51)58(44-30-26-36(56(4,5)6)32-41(44)34-16-8-7-9-17-34)53-43(57(52)59)29-31-48-50(53)40-20-11-14-22-47(40)60-48/h7-33H,1-6H3. The average Bonchev–Trinajstić information content (AvgIpc) is 3.84. The van der Waals surface area contributed by atoms with Gasteiger partial charge in [-0.05, 0) is 93.0 Å². The van der Waals surface area contributed by atoms with Crippen molar-refractivity contribution in [1.82, 2.24) is 0 Å². The third-order valence-electron chi connectivity index (χ3n) is 13.2. The molecule has 8 aromatic carbocycles. The van der Waals surface area contributed by atoms with Crippen LogP contribution in [0.2, 0.25) is 0 Å². The highest BCUT2D eigenvalue weighted by Gasteiger charge is 2.47. The Morgan fingerprint density at radius 3 is 2.00 bits per heavy atom. The molecule has 0 atom stereocenters. The lowest BCUT2D eigenvalue weighted by molar-refractivity contribution is 0.590. The number of anilines is 5. The van der Waals surface area contributed by atoms with Crippen LogP contribution in [0.5, 0.6) is 0 Å². The number of rotatable bonds is 3. The molecule has 0 amide bonds. The molecular formula is C56H45BN2OS. The number of thiophene rings is 1. The van der Waals surface area contributed by atoms with Gasteiger partial charge in [0.05, 0.1) is 16.8 Å². The van der Waals surface area contributed by atoms with Crippen LogP contribution in [0.15, 0.2) is 168 Å². The Morgan fingerprint density at radius 1 is 0.525 bits per heavy atom. The number of hydrogen-bond acceptors (Lipinski definition) is 4. The van der Waals surface area contributed by atoms with Gasteiger partial charge < -0.3 is 14.1 Å². The molecule has 2 aromatic heterocycles. The minimum Gasteiger partial charge on any atom is -0.456 e. The number of fused-ring (bicyclic) bond motifs is 12. The van der Waals surface area contributed by atoms with Crippen LogP contribution < -0.4 is 20.6 Å². The smallest absolute Gasteiger partial charge is 0.333 e. The summed E-state index contributed by atoms with van der Waals surface area (Å²) in [6, 6.07) is 61.2. The second-order valence-corrected chi connectivity index (χ2v) is 20.0. The summed E-state index contributed by atoms with van der Waals surface area (Å²) in [7, 11) is 0. The van der Waals surface area contributed by atoms with E-state index < -0.39 is 0 Å². The van der Waals surface area contributed by atoms with E-state index in [1.807, 2.05) is 11.3 Å². The molecule has 0 bridgehead atoms. The highest BCUT2D eigenvalue weighted by atomic mass is 32.1. The zero-order valence-electron chi connectivity index (χ0n) is 35.4. The van der Waals surface area contributed by atoms with Crippen molar-refractivity contribution in [3.8, 4) is 22.3 Å². The van der Waals surface area contributed by atoms with Crippen molar-refractivity contribution in [2.75, 3.05) is 9.71 Å². The third kappa shape index (κ3) is 5.36. The van der Waals surface area contributed by atoms with E-state index in [0.717, 1.165) is 27.6 Å². The van der Waals surface area contributed by atoms with Crippen LogP contribution >= 0.6 is 11.3 Å². The molecule has 4 heterocycles. The lowest BCUT2D eigenvalue weighted by Crippen LogP contribution is -2.61. The summed E-state index contributed by atoms with van der Waals surface area (Å²) < 4.78 is 9.41. The lowest BCUT2D eigenvalue weighted by atomic mass is 9.43. The van der Waals surface area contributed by atoms with Gasteiger partial charge in [0.25, 0.3) is 0 Å². The summed E-state index contributed by atoms with van der Waals surface area (Å²) in [5, 5.41) is 4.84. The van der Waals surface area contributed by atoms with E-state index in [1.165, 1.54) is 87.2 Å². The van der Waals surface area contributed by atoms with E-state index in [0.29, 0.717) is 0 Å². The minimum absolute atomic E-state index is 0.0375. The minimum atomic E-state index is -0.131. The first-order valence-corrected chi connectivity index (χ1v) is 22.3. The Morgan fingerprint density at radius 2 is 1.21 bits per heavy atom. The van der Waals surface area contributed by atoms with Crippen molar-refractivity contribution >= 4 is 99.7 Å². The Kier molecular flexibility index (Phi) is 7.72. The fourth-order valence-corrected chi connectivity index (χ4v) is 11.4. The van der Waals surface area contributed by atoms with E-state index in [9.17, 15) is 0 Å². The van der Waals surface area contributed by atoms with Crippen LogP contribution in [0.3, 0.4) is 0 Å². The Hall–Kier alpha value is -6.56. The molecule has 0 fully saturated rings. The first-order valence-electron chi connectivity index (χ1n) is 21.5. The van der Waals surface area contributed by atoms with E-state index in [2.05, 4.69) is 215 Å². The topological polar surface area (TPSA) is 19.6 Å². The summed E-state index contributed by atoms with van der Waals surface area (Å²) in [6.45, 7) is 13.7. The summed E-state index contributed by atoms with van der Waals surface area (Å²) in [4.78, 5) is 5.24. The average molecular weight is 805 g/mol. The largest absolute Gasteiger partial charge is 0.456 e. The maximum absolute atomic E-state index is 6.77. The van der Waals surface area contributed by atoms with Crippen molar-refractivity contribution in [1.29, 1.82) is 0 Å². The quantitative estimate of drug-likeness (QED) is 0.166. The maximum atomic E-state index is 6.77. The predicted molar refractivity (Wildman–Crippen MR) is 263 cm³/mol. The predicted octanol–water partition coefficient (Wildman–Crippen LogP) is 14.9. The van der Waals surface area contributed by atoms with E-state index in [4.69, 9.17) is 4.42 Å². The number of hydrogen-bond donors (Lipinski definition) is 0. The van der Waals surface area contributed by atoms with Gasteiger partial charge in [-0.3, -0.25) is 0 Å². The summed E-state index contributed by atoms with van der Waals surface area (Å²) in [5.74, 6) is 0. The molecule has 0 saturated carbocycles. The second-order valence-electron chi connectivity index (χ2n) is 18.9. The molecule has 2 aliphatic heterocycles. The van der Waals surface area contributed by atoms with Gasteiger partial charge in [0.2, 0.25) is 0 Å². The van der Waals surface area contributed by atoms with Gasteiger partial charge in [0.15, 0.2) is 0 Å². The molecule has 2 aliphatic rings. The fraction of sp³-hybridized carbons (Fsp3) is 0.143. The van der Waals surface area contributed by atoms with Crippen molar-refractivity contribution < 1.29 is 4.42 Å². The highest BCUT2D eigenvalue weighted by Crippen LogP contribution is 2.54. The lowest BCUT2D eigenvalue weighted by Gasteiger charge is -2.46. The van der Waals surface area contributed by atoms with Gasteiger partial charge in [-0.25, -0.2) is 0 Å². The summed E-state index contributed by atoms with van der Waals surface area (Å²) in [5.41, 5.74) is 17.9. The molecule has 0 saturated heterocycles. The van der Waals surface area contributed by atoms with Crippen molar-refractivity contribution in [2.24, 2.45) is 0 Å². The molecule has 3 nitrogen and oxygen atoms in total. The summed E-state index contributed by atoms with van der Waals surface area (Å²) in [6.07, 6.45) is 0. The van der Waals surface area contributed by atoms with E-state index >= 15 is 0 Å². The second kappa shape index (κ2) is 13.0. The summed E-state index contributed by atoms with van der Waals surface area (Å²) >= 11 is 1.92. The molecule has 61 heavy (non-hydrogen) atoms. The van der Waals surface area contributed by atoms with Crippen LogP contribution in [0.1, 0.15) is 52.7 Å². The van der Waals surface area contributed by atoms with Gasteiger partial charge in [0.1, 0.15) is 11.2 Å². The van der Waals surface area contributed by atoms with Crippen molar-refractivity contribution in [3.63, 3.8) is 0 Å². The zero-order chi connectivity index (χ0) is 41.4. The Balaban J connectivity index is 1.28. The third-order valence-corrected chi connectivity index (χ3v) is 14.4. The molecule has 0 radical (unpaired) electrons. The van der Waals surface area contributed by atoms with Gasteiger partial charge in [0, 0.05) is 59.3 Å². The molecule has 10 aromatic rings. The Bertz CT molecular complexity index is 3400. The van der Waals surface area contributed by atoms with Gasteiger partial charge >= 0.3 is 6.85 Å². The van der Waals surface area contributed by atoms with Crippen LogP contribution in [0.4, 0.5) is 28.4 Å². The maximum Gasteiger partial charge on any atom is 0.333 e.